The standard InChI is InChI=1S/C26H27N5O2/c1-29-18-21(22-4-2-3-5-24(22)29)16-26(33)30-14-10-19(11-15-30)17-31-25(32)7-6-23(28-31)20-8-12-27-13-9-20/h2-9,12-13,18-19H,10-11,14-17H2,1H3. The third-order valence-corrected chi connectivity index (χ3v) is 6.56. The van der Waals surface area contributed by atoms with Crippen LogP contribution in [0, 0.1) is 5.92 Å². The van der Waals surface area contributed by atoms with Crippen molar-refractivity contribution >= 4 is 16.8 Å². The lowest BCUT2D eigenvalue weighted by Crippen LogP contribution is -2.41. The van der Waals surface area contributed by atoms with E-state index in [1.165, 1.54) is 0 Å². The minimum atomic E-state index is -0.0951. The number of piperidine rings is 1. The average Bonchev–Trinajstić information content (AvgIpc) is 3.17. The van der Waals surface area contributed by atoms with Gasteiger partial charge in [-0.25, -0.2) is 4.68 Å². The molecule has 0 N–H and O–H groups in total. The number of rotatable bonds is 5. The van der Waals surface area contributed by atoms with Crippen molar-refractivity contribution in [1.82, 2.24) is 24.2 Å². The Balaban J connectivity index is 1.22. The Morgan fingerprint density at radius 2 is 1.79 bits per heavy atom. The first-order chi connectivity index (χ1) is 16.1. The van der Waals surface area contributed by atoms with Gasteiger partial charge in [0.15, 0.2) is 0 Å². The fourth-order valence-electron chi connectivity index (χ4n) is 4.71. The van der Waals surface area contributed by atoms with Gasteiger partial charge in [-0.2, -0.15) is 5.10 Å². The Bertz CT molecular complexity index is 1330. The molecule has 4 aromatic rings. The molecule has 1 aliphatic rings. The summed E-state index contributed by atoms with van der Waals surface area (Å²) in [6, 6.07) is 15.3. The summed E-state index contributed by atoms with van der Waals surface area (Å²) in [6.45, 7) is 2.00. The summed E-state index contributed by atoms with van der Waals surface area (Å²) in [6.07, 6.45) is 7.66. The van der Waals surface area contributed by atoms with Crippen molar-refractivity contribution < 1.29 is 4.79 Å². The Morgan fingerprint density at radius 3 is 2.58 bits per heavy atom. The molecular weight excluding hydrogens is 414 g/mol. The predicted molar refractivity (Wildman–Crippen MR) is 128 cm³/mol. The highest BCUT2D eigenvalue weighted by molar-refractivity contribution is 5.89. The van der Waals surface area contributed by atoms with Crippen molar-refractivity contribution in [2.24, 2.45) is 13.0 Å². The molecule has 168 valence electrons. The van der Waals surface area contributed by atoms with Gasteiger partial charge in [-0.3, -0.25) is 14.6 Å². The lowest BCUT2D eigenvalue weighted by molar-refractivity contribution is -0.131. The quantitative estimate of drug-likeness (QED) is 0.477. The first-order valence-corrected chi connectivity index (χ1v) is 11.4. The largest absolute Gasteiger partial charge is 0.350 e. The first-order valence-electron chi connectivity index (χ1n) is 11.4. The van der Waals surface area contributed by atoms with Gasteiger partial charge in [0.2, 0.25) is 5.91 Å². The third kappa shape index (κ3) is 4.44. The van der Waals surface area contributed by atoms with Crippen LogP contribution >= 0.6 is 0 Å². The zero-order valence-corrected chi connectivity index (χ0v) is 18.7. The van der Waals surface area contributed by atoms with E-state index in [9.17, 15) is 9.59 Å². The number of fused-ring (bicyclic) bond motifs is 1. The molecule has 0 unspecified atom stereocenters. The number of carbonyl (C=O) groups is 1. The summed E-state index contributed by atoms with van der Waals surface area (Å²) in [5.74, 6) is 0.490. The number of carbonyl (C=O) groups excluding carboxylic acids is 1. The smallest absolute Gasteiger partial charge is 0.266 e. The van der Waals surface area contributed by atoms with Gasteiger partial charge in [-0.15, -0.1) is 0 Å². The van der Waals surface area contributed by atoms with Crippen molar-refractivity contribution in [3.63, 3.8) is 0 Å². The number of likely N-dealkylation sites (tertiary alicyclic amines) is 1. The number of aryl methyl sites for hydroxylation is 1. The first kappa shape index (κ1) is 21.1. The van der Waals surface area contributed by atoms with E-state index < -0.39 is 0 Å². The van der Waals surface area contributed by atoms with Crippen LogP contribution in [0.1, 0.15) is 18.4 Å². The highest BCUT2D eigenvalue weighted by atomic mass is 16.2. The van der Waals surface area contributed by atoms with Crippen molar-refractivity contribution in [1.29, 1.82) is 0 Å². The molecule has 0 saturated carbocycles. The topological polar surface area (TPSA) is 73.0 Å². The number of aromatic nitrogens is 4. The van der Waals surface area contributed by atoms with Gasteiger partial charge >= 0.3 is 0 Å². The third-order valence-electron chi connectivity index (χ3n) is 6.56. The SMILES string of the molecule is Cn1cc(CC(=O)N2CCC(Cn3nc(-c4ccncc4)ccc3=O)CC2)c2ccccc21. The Kier molecular flexibility index (Phi) is 5.77. The monoisotopic (exact) mass is 441 g/mol. The van der Waals surface area contributed by atoms with E-state index in [2.05, 4.69) is 33.0 Å². The maximum atomic E-state index is 13.0. The highest BCUT2D eigenvalue weighted by Crippen LogP contribution is 2.23. The number of benzene rings is 1. The van der Waals surface area contributed by atoms with E-state index in [1.54, 1.807) is 29.2 Å². The van der Waals surface area contributed by atoms with Crippen LogP contribution in [-0.4, -0.2) is 43.2 Å². The van der Waals surface area contributed by atoms with Gasteiger partial charge in [0, 0.05) is 67.8 Å². The van der Waals surface area contributed by atoms with E-state index in [0.717, 1.165) is 40.6 Å². The molecule has 7 heteroatoms. The lowest BCUT2D eigenvalue weighted by Gasteiger charge is -2.32. The average molecular weight is 442 g/mol. The Hall–Kier alpha value is -3.74. The number of hydrogen-bond acceptors (Lipinski definition) is 4. The van der Waals surface area contributed by atoms with Crippen LogP contribution in [0.3, 0.4) is 0 Å². The second-order valence-corrected chi connectivity index (χ2v) is 8.76. The summed E-state index contributed by atoms with van der Waals surface area (Å²) >= 11 is 0. The zero-order valence-electron chi connectivity index (χ0n) is 18.7. The molecule has 33 heavy (non-hydrogen) atoms. The molecule has 1 aromatic carbocycles. The molecule has 1 fully saturated rings. The summed E-state index contributed by atoms with van der Waals surface area (Å²) in [5.41, 5.74) is 3.82. The van der Waals surface area contributed by atoms with Gasteiger partial charge in [0.1, 0.15) is 0 Å². The van der Waals surface area contributed by atoms with Gasteiger partial charge in [-0.1, -0.05) is 18.2 Å². The summed E-state index contributed by atoms with van der Waals surface area (Å²) in [5, 5.41) is 5.71. The molecular formula is C26H27N5O2. The van der Waals surface area contributed by atoms with Crippen molar-refractivity contribution in [3.8, 4) is 11.3 Å². The van der Waals surface area contributed by atoms with Crippen LogP contribution in [0.2, 0.25) is 0 Å². The molecule has 3 aromatic heterocycles. The Morgan fingerprint density at radius 1 is 1.03 bits per heavy atom. The number of nitrogens with zero attached hydrogens (tertiary/aromatic N) is 5. The number of para-hydroxylation sites is 1. The van der Waals surface area contributed by atoms with E-state index in [4.69, 9.17) is 0 Å². The lowest BCUT2D eigenvalue weighted by atomic mass is 9.96. The fraction of sp³-hybridized carbons (Fsp3) is 0.308. The van der Waals surface area contributed by atoms with Crippen molar-refractivity contribution in [3.05, 3.63) is 83.0 Å². The van der Waals surface area contributed by atoms with E-state index >= 15 is 0 Å². The minimum Gasteiger partial charge on any atom is -0.350 e. The molecule has 0 bridgehead atoms. The molecule has 0 atom stereocenters. The molecule has 5 rings (SSSR count). The highest BCUT2D eigenvalue weighted by Gasteiger charge is 2.24. The van der Waals surface area contributed by atoms with Gasteiger partial charge in [0.25, 0.3) is 5.56 Å². The molecule has 1 saturated heterocycles. The number of amides is 1. The van der Waals surface area contributed by atoms with Crippen LogP contribution in [-0.2, 0) is 24.8 Å². The number of pyridine rings is 1. The molecule has 0 spiro atoms. The maximum absolute atomic E-state index is 13.0. The molecule has 0 aliphatic carbocycles. The van der Waals surface area contributed by atoms with Crippen LogP contribution in [0.15, 0.2) is 71.9 Å². The van der Waals surface area contributed by atoms with E-state index in [-0.39, 0.29) is 11.5 Å². The summed E-state index contributed by atoms with van der Waals surface area (Å²) in [7, 11) is 2.02. The predicted octanol–water partition coefficient (Wildman–Crippen LogP) is 3.28. The van der Waals surface area contributed by atoms with Gasteiger partial charge in [-0.05, 0) is 48.6 Å². The normalized spacial score (nSPS) is 14.6. The molecule has 7 nitrogen and oxygen atoms in total. The maximum Gasteiger partial charge on any atom is 0.266 e. The van der Waals surface area contributed by atoms with Crippen LogP contribution in [0.25, 0.3) is 22.2 Å². The fourth-order valence-corrected chi connectivity index (χ4v) is 4.71. The Labute approximate surface area is 192 Å². The van der Waals surface area contributed by atoms with Crippen LogP contribution < -0.4 is 5.56 Å². The molecule has 0 radical (unpaired) electrons. The van der Waals surface area contributed by atoms with Crippen molar-refractivity contribution in [2.75, 3.05) is 13.1 Å². The molecule has 4 heterocycles. The molecule has 1 amide bonds. The van der Waals surface area contributed by atoms with Gasteiger partial charge in [0.05, 0.1) is 12.1 Å². The summed E-state index contributed by atoms with van der Waals surface area (Å²) in [4.78, 5) is 31.4. The number of hydrogen-bond donors (Lipinski definition) is 0. The zero-order chi connectivity index (χ0) is 22.8. The second kappa shape index (κ2) is 9.02. The van der Waals surface area contributed by atoms with Crippen LogP contribution in [0.4, 0.5) is 0 Å². The van der Waals surface area contributed by atoms with Gasteiger partial charge < -0.3 is 9.47 Å². The van der Waals surface area contributed by atoms with Crippen molar-refractivity contribution in [2.45, 2.75) is 25.8 Å². The van der Waals surface area contributed by atoms with Crippen LogP contribution in [0.5, 0.6) is 0 Å². The molecule has 1 aliphatic heterocycles. The van der Waals surface area contributed by atoms with E-state index in [1.807, 2.05) is 36.2 Å². The second-order valence-electron chi connectivity index (χ2n) is 8.76. The summed E-state index contributed by atoms with van der Waals surface area (Å²) < 4.78 is 3.64. The minimum absolute atomic E-state index is 0.0951. The van der Waals surface area contributed by atoms with E-state index in [0.29, 0.717) is 32.0 Å².